The van der Waals surface area contributed by atoms with E-state index < -0.39 is 5.97 Å². The second-order valence-electron chi connectivity index (χ2n) is 5.72. The number of hydrogen-bond acceptors (Lipinski definition) is 5. The topological polar surface area (TPSA) is 84.7 Å². The number of aromatic nitrogens is 2. The van der Waals surface area contributed by atoms with E-state index in [-0.39, 0.29) is 18.4 Å². The number of benzene rings is 1. The number of carboxylic acids is 1. The van der Waals surface area contributed by atoms with E-state index in [0.29, 0.717) is 0 Å². The number of imidazole rings is 1. The lowest BCUT2D eigenvalue weighted by molar-refractivity contribution is -0.146. The molecular weight excluding hydrogens is 298 g/mol. The van der Waals surface area contributed by atoms with Gasteiger partial charge in [0.25, 0.3) is 0 Å². The van der Waals surface area contributed by atoms with Crippen LogP contribution in [0.3, 0.4) is 0 Å². The smallest absolute Gasteiger partial charge is 0.323 e. The maximum absolute atomic E-state index is 11.6. The highest BCUT2D eigenvalue weighted by Gasteiger charge is 2.25. The quantitative estimate of drug-likeness (QED) is 0.861. The number of carboxylic acid groups (broad SMARTS) is 1. The van der Waals surface area contributed by atoms with Crippen molar-refractivity contribution in [3.8, 4) is 0 Å². The van der Waals surface area contributed by atoms with Crippen molar-refractivity contribution < 1.29 is 19.4 Å². The molecular formula is C16H19N3O4. The van der Waals surface area contributed by atoms with Gasteiger partial charge in [-0.2, -0.15) is 0 Å². The first kappa shape index (κ1) is 15.3. The van der Waals surface area contributed by atoms with Gasteiger partial charge in [-0.25, -0.2) is 4.98 Å². The summed E-state index contributed by atoms with van der Waals surface area (Å²) in [4.78, 5) is 28.9. The first-order valence-electron chi connectivity index (χ1n) is 7.58. The highest BCUT2D eigenvalue weighted by molar-refractivity contribution is 5.81. The lowest BCUT2D eigenvalue weighted by Gasteiger charge is -2.32. The van der Waals surface area contributed by atoms with Crippen molar-refractivity contribution in [2.24, 2.45) is 5.92 Å². The monoisotopic (exact) mass is 317 g/mol. The summed E-state index contributed by atoms with van der Waals surface area (Å²) in [7, 11) is 1.43. The number of esters is 1. The van der Waals surface area contributed by atoms with Gasteiger partial charge in [-0.1, -0.05) is 0 Å². The molecule has 1 aromatic heterocycles. The summed E-state index contributed by atoms with van der Waals surface area (Å²) in [5.41, 5.74) is 2.63. The highest BCUT2D eigenvalue weighted by atomic mass is 16.5. The standard InChI is InChI=1S/C16H19N3O4/c1-23-16(22)11-4-6-18(7-5-11)12-2-3-14-13(8-12)17-10-19(14)9-15(20)21/h2-3,8,10-11H,4-7,9H2,1H3,(H,20,21). The molecule has 1 aliphatic heterocycles. The molecule has 2 heterocycles. The number of aliphatic carboxylic acids is 1. The van der Waals surface area contributed by atoms with Gasteiger partial charge in [0, 0.05) is 18.8 Å². The minimum absolute atomic E-state index is 0.0187. The molecule has 1 saturated heterocycles. The zero-order chi connectivity index (χ0) is 16.4. The van der Waals surface area contributed by atoms with Crippen LogP contribution in [0.5, 0.6) is 0 Å². The van der Waals surface area contributed by atoms with Crippen molar-refractivity contribution in [3.05, 3.63) is 24.5 Å². The SMILES string of the molecule is COC(=O)C1CCN(c2ccc3c(c2)ncn3CC(=O)O)CC1. The number of carbonyl (C=O) groups is 2. The zero-order valence-electron chi connectivity index (χ0n) is 12.9. The van der Waals surface area contributed by atoms with E-state index in [1.54, 1.807) is 10.9 Å². The lowest BCUT2D eigenvalue weighted by atomic mass is 9.96. The number of hydrogen-bond donors (Lipinski definition) is 1. The number of methoxy groups -OCH3 is 1. The number of fused-ring (bicyclic) bond motifs is 1. The number of rotatable bonds is 4. The van der Waals surface area contributed by atoms with Crippen LogP contribution >= 0.6 is 0 Å². The fourth-order valence-electron chi connectivity index (χ4n) is 3.06. The van der Waals surface area contributed by atoms with E-state index in [2.05, 4.69) is 9.88 Å². The van der Waals surface area contributed by atoms with Crippen LogP contribution in [0.4, 0.5) is 5.69 Å². The minimum atomic E-state index is -0.891. The lowest BCUT2D eigenvalue weighted by Crippen LogP contribution is -2.36. The van der Waals surface area contributed by atoms with Gasteiger partial charge in [0.15, 0.2) is 0 Å². The summed E-state index contributed by atoms with van der Waals surface area (Å²) in [6.45, 7) is 1.49. The molecule has 0 bridgehead atoms. The van der Waals surface area contributed by atoms with E-state index in [9.17, 15) is 9.59 Å². The van der Waals surface area contributed by atoms with Crippen LogP contribution in [-0.4, -0.2) is 46.8 Å². The molecule has 0 aliphatic carbocycles. The number of piperidine rings is 1. The van der Waals surface area contributed by atoms with Crippen molar-refractivity contribution >= 4 is 28.7 Å². The summed E-state index contributed by atoms with van der Waals surface area (Å²) in [5.74, 6) is -1.04. The Bertz CT molecular complexity index is 732. The van der Waals surface area contributed by atoms with Crippen LogP contribution in [0.15, 0.2) is 24.5 Å². The Morgan fingerprint density at radius 2 is 2.09 bits per heavy atom. The van der Waals surface area contributed by atoms with Crippen molar-refractivity contribution in [1.82, 2.24) is 9.55 Å². The maximum Gasteiger partial charge on any atom is 0.323 e. The molecule has 1 N–H and O–H groups in total. The third-order valence-corrected chi connectivity index (χ3v) is 4.30. The average Bonchev–Trinajstić information content (AvgIpc) is 2.96. The number of ether oxygens (including phenoxy) is 1. The molecule has 0 spiro atoms. The van der Waals surface area contributed by atoms with Crippen molar-refractivity contribution in [3.63, 3.8) is 0 Å². The molecule has 1 aliphatic rings. The Balaban J connectivity index is 1.74. The summed E-state index contributed by atoms with van der Waals surface area (Å²) < 4.78 is 6.42. The minimum Gasteiger partial charge on any atom is -0.480 e. The molecule has 23 heavy (non-hydrogen) atoms. The molecule has 2 aromatic rings. The molecule has 122 valence electrons. The van der Waals surface area contributed by atoms with Crippen LogP contribution in [0.1, 0.15) is 12.8 Å². The Morgan fingerprint density at radius 3 is 2.74 bits per heavy atom. The predicted molar refractivity (Wildman–Crippen MR) is 84.3 cm³/mol. The summed E-state index contributed by atoms with van der Waals surface area (Å²) in [6.07, 6.45) is 3.10. The molecule has 7 heteroatoms. The molecule has 0 unspecified atom stereocenters. The molecule has 0 radical (unpaired) electrons. The average molecular weight is 317 g/mol. The second kappa shape index (κ2) is 6.28. The Kier molecular flexibility index (Phi) is 4.18. The van der Waals surface area contributed by atoms with Gasteiger partial charge < -0.3 is 19.3 Å². The van der Waals surface area contributed by atoms with E-state index in [1.807, 2.05) is 18.2 Å². The predicted octanol–water partition coefficient (Wildman–Crippen LogP) is 1.51. The van der Waals surface area contributed by atoms with Gasteiger partial charge in [-0.05, 0) is 31.0 Å². The fraction of sp³-hybridized carbons (Fsp3) is 0.438. The molecule has 0 atom stereocenters. The maximum atomic E-state index is 11.6. The number of nitrogens with zero attached hydrogens (tertiary/aromatic N) is 3. The molecule has 7 nitrogen and oxygen atoms in total. The summed E-state index contributed by atoms with van der Waals surface area (Å²) in [6, 6.07) is 5.83. The fourth-order valence-corrected chi connectivity index (χ4v) is 3.06. The van der Waals surface area contributed by atoms with E-state index >= 15 is 0 Å². The zero-order valence-corrected chi connectivity index (χ0v) is 12.9. The summed E-state index contributed by atoms with van der Waals surface area (Å²) in [5, 5.41) is 8.90. The first-order valence-corrected chi connectivity index (χ1v) is 7.58. The van der Waals surface area contributed by atoms with Crippen LogP contribution in [0.2, 0.25) is 0 Å². The van der Waals surface area contributed by atoms with E-state index in [1.165, 1.54) is 7.11 Å². The van der Waals surface area contributed by atoms with Gasteiger partial charge in [-0.3, -0.25) is 9.59 Å². The van der Waals surface area contributed by atoms with Gasteiger partial charge >= 0.3 is 11.9 Å². The van der Waals surface area contributed by atoms with Crippen LogP contribution in [0.25, 0.3) is 11.0 Å². The van der Waals surface area contributed by atoms with E-state index in [4.69, 9.17) is 9.84 Å². The molecule has 3 rings (SSSR count). The Morgan fingerprint density at radius 1 is 1.35 bits per heavy atom. The molecule has 1 fully saturated rings. The Labute approximate surface area is 133 Å². The largest absolute Gasteiger partial charge is 0.480 e. The van der Waals surface area contributed by atoms with Gasteiger partial charge in [-0.15, -0.1) is 0 Å². The van der Waals surface area contributed by atoms with Crippen molar-refractivity contribution in [1.29, 1.82) is 0 Å². The Hall–Kier alpha value is -2.57. The highest BCUT2D eigenvalue weighted by Crippen LogP contribution is 2.26. The van der Waals surface area contributed by atoms with Crippen LogP contribution in [-0.2, 0) is 20.9 Å². The second-order valence-corrected chi connectivity index (χ2v) is 5.72. The molecule has 1 aromatic carbocycles. The molecule has 0 saturated carbocycles. The van der Waals surface area contributed by atoms with Gasteiger partial charge in [0.05, 0.1) is 30.4 Å². The van der Waals surface area contributed by atoms with E-state index in [0.717, 1.165) is 42.7 Å². The third-order valence-electron chi connectivity index (χ3n) is 4.30. The summed E-state index contributed by atoms with van der Waals surface area (Å²) >= 11 is 0. The normalized spacial score (nSPS) is 15.8. The first-order chi connectivity index (χ1) is 11.1. The third kappa shape index (κ3) is 3.13. The molecule has 0 amide bonds. The van der Waals surface area contributed by atoms with Gasteiger partial charge in [0.2, 0.25) is 0 Å². The van der Waals surface area contributed by atoms with Crippen molar-refractivity contribution in [2.45, 2.75) is 19.4 Å². The van der Waals surface area contributed by atoms with Gasteiger partial charge in [0.1, 0.15) is 6.54 Å². The van der Waals surface area contributed by atoms with Crippen molar-refractivity contribution in [2.75, 3.05) is 25.1 Å². The number of anilines is 1. The van der Waals surface area contributed by atoms with Crippen LogP contribution < -0.4 is 4.90 Å². The number of carbonyl (C=O) groups excluding carboxylic acids is 1. The van der Waals surface area contributed by atoms with Crippen LogP contribution in [0, 0.1) is 5.92 Å².